The Hall–Kier alpha value is -1.06. The molecule has 16 heavy (non-hydrogen) atoms. The minimum Gasteiger partial charge on any atom is -0.496 e. The van der Waals surface area contributed by atoms with Gasteiger partial charge in [-0.25, -0.2) is 0 Å². The van der Waals surface area contributed by atoms with Crippen LogP contribution in [-0.2, 0) is 4.74 Å². The molecular weight excluding hydrogens is 202 g/mol. The van der Waals surface area contributed by atoms with Gasteiger partial charge in [0.05, 0.1) is 19.8 Å². The maximum absolute atomic E-state index is 6.00. The molecule has 0 fully saturated rings. The first-order chi connectivity index (χ1) is 7.60. The molecule has 1 atom stereocenters. The highest BCUT2D eigenvalue weighted by Gasteiger charge is 2.13. The predicted molar refractivity (Wildman–Crippen MR) is 65.9 cm³/mol. The normalized spacial score (nSPS) is 12.9. The average molecular weight is 223 g/mol. The van der Waals surface area contributed by atoms with Crippen molar-refractivity contribution in [1.29, 1.82) is 0 Å². The third-order valence-electron chi connectivity index (χ3n) is 2.67. The molecule has 1 rings (SSSR count). The highest BCUT2D eigenvalue weighted by Crippen LogP contribution is 2.28. The molecule has 0 aromatic heterocycles. The third kappa shape index (κ3) is 2.97. The first-order valence-corrected chi connectivity index (χ1v) is 5.52. The Balaban J connectivity index is 3.01. The molecular formula is C13H21NO2. The maximum Gasteiger partial charge on any atom is 0.123 e. The molecule has 0 saturated heterocycles. The van der Waals surface area contributed by atoms with Gasteiger partial charge in [-0.2, -0.15) is 0 Å². The van der Waals surface area contributed by atoms with E-state index in [0.29, 0.717) is 12.5 Å². The molecule has 0 aliphatic carbocycles. The lowest BCUT2D eigenvalue weighted by Gasteiger charge is -2.17. The molecule has 3 nitrogen and oxygen atoms in total. The van der Waals surface area contributed by atoms with E-state index in [4.69, 9.17) is 15.2 Å². The lowest BCUT2D eigenvalue weighted by Crippen LogP contribution is -2.17. The number of benzene rings is 1. The Bertz CT molecular complexity index is 337. The Morgan fingerprint density at radius 3 is 2.44 bits per heavy atom. The van der Waals surface area contributed by atoms with Crippen molar-refractivity contribution in [2.75, 3.05) is 20.8 Å². The van der Waals surface area contributed by atoms with Gasteiger partial charge in [0.15, 0.2) is 0 Å². The monoisotopic (exact) mass is 223 g/mol. The van der Waals surface area contributed by atoms with Gasteiger partial charge in [-0.05, 0) is 17.5 Å². The molecule has 0 aliphatic rings. The van der Waals surface area contributed by atoms with Gasteiger partial charge >= 0.3 is 0 Å². The number of hydrogen-bond donors (Lipinski definition) is 1. The summed E-state index contributed by atoms with van der Waals surface area (Å²) in [5.74, 6) is 1.33. The van der Waals surface area contributed by atoms with Crippen LogP contribution >= 0.6 is 0 Å². The van der Waals surface area contributed by atoms with Gasteiger partial charge in [-0.1, -0.05) is 26.0 Å². The van der Waals surface area contributed by atoms with Crippen LogP contribution in [0.4, 0.5) is 0 Å². The van der Waals surface area contributed by atoms with E-state index >= 15 is 0 Å². The van der Waals surface area contributed by atoms with E-state index in [1.807, 2.05) is 6.07 Å². The lowest BCUT2D eigenvalue weighted by atomic mass is 9.98. The molecule has 0 radical (unpaired) electrons. The van der Waals surface area contributed by atoms with Gasteiger partial charge in [-0.15, -0.1) is 0 Å². The van der Waals surface area contributed by atoms with Crippen LogP contribution < -0.4 is 10.5 Å². The minimum atomic E-state index is -0.138. The van der Waals surface area contributed by atoms with E-state index in [2.05, 4.69) is 26.0 Å². The van der Waals surface area contributed by atoms with Crippen LogP contribution in [-0.4, -0.2) is 20.8 Å². The van der Waals surface area contributed by atoms with Crippen LogP contribution in [0.1, 0.15) is 36.9 Å². The number of methoxy groups -OCH3 is 2. The highest BCUT2D eigenvalue weighted by atomic mass is 16.5. The Morgan fingerprint density at radius 1 is 1.25 bits per heavy atom. The van der Waals surface area contributed by atoms with E-state index in [1.54, 1.807) is 14.2 Å². The highest BCUT2D eigenvalue weighted by molar-refractivity contribution is 5.40. The maximum atomic E-state index is 6.00. The fraction of sp³-hybridized carbons (Fsp3) is 0.538. The van der Waals surface area contributed by atoms with Crippen LogP contribution in [0.2, 0.25) is 0 Å². The zero-order valence-corrected chi connectivity index (χ0v) is 10.5. The molecule has 2 N–H and O–H groups in total. The quantitative estimate of drug-likeness (QED) is 0.834. The molecule has 1 aromatic rings. The Morgan fingerprint density at radius 2 is 1.94 bits per heavy atom. The third-order valence-corrected chi connectivity index (χ3v) is 2.67. The Labute approximate surface area is 97.6 Å². The van der Waals surface area contributed by atoms with Crippen molar-refractivity contribution in [2.45, 2.75) is 25.8 Å². The summed E-state index contributed by atoms with van der Waals surface area (Å²) in [6.45, 7) is 4.81. The number of nitrogens with two attached hydrogens (primary N) is 1. The zero-order chi connectivity index (χ0) is 12.1. The standard InChI is InChI=1S/C13H21NO2/c1-9(2)10-5-6-11(12(14)8-15-3)13(7-10)16-4/h5-7,9,12H,8,14H2,1-4H3. The van der Waals surface area contributed by atoms with Gasteiger partial charge in [0.1, 0.15) is 5.75 Å². The van der Waals surface area contributed by atoms with Gasteiger partial charge < -0.3 is 15.2 Å². The fourth-order valence-electron chi connectivity index (χ4n) is 1.66. The molecule has 0 aliphatic heterocycles. The summed E-state index contributed by atoms with van der Waals surface area (Å²) >= 11 is 0. The predicted octanol–water partition coefficient (Wildman–Crippen LogP) is 2.46. The smallest absolute Gasteiger partial charge is 0.123 e. The first kappa shape index (κ1) is 13.0. The second-order valence-corrected chi connectivity index (χ2v) is 4.22. The first-order valence-electron chi connectivity index (χ1n) is 5.52. The molecule has 1 unspecified atom stereocenters. The van der Waals surface area contributed by atoms with Gasteiger partial charge in [0.25, 0.3) is 0 Å². The summed E-state index contributed by atoms with van der Waals surface area (Å²) < 4.78 is 10.4. The summed E-state index contributed by atoms with van der Waals surface area (Å²) in [5, 5.41) is 0. The van der Waals surface area contributed by atoms with Gasteiger partial charge in [0, 0.05) is 12.7 Å². The molecule has 1 aromatic carbocycles. The van der Waals surface area contributed by atoms with E-state index in [1.165, 1.54) is 5.56 Å². The fourth-order valence-corrected chi connectivity index (χ4v) is 1.66. The van der Waals surface area contributed by atoms with E-state index in [-0.39, 0.29) is 6.04 Å². The lowest BCUT2D eigenvalue weighted by molar-refractivity contribution is 0.179. The van der Waals surface area contributed by atoms with Crippen molar-refractivity contribution in [2.24, 2.45) is 5.73 Å². The van der Waals surface area contributed by atoms with Crippen molar-refractivity contribution in [3.63, 3.8) is 0 Å². The van der Waals surface area contributed by atoms with E-state index < -0.39 is 0 Å². The second kappa shape index (κ2) is 5.87. The van der Waals surface area contributed by atoms with Crippen LogP contribution in [0.15, 0.2) is 18.2 Å². The van der Waals surface area contributed by atoms with Crippen LogP contribution in [0, 0.1) is 0 Å². The molecule has 0 spiro atoms. The molecule has 90 valence electrons. The summed E-state index contributed by atoms with van der Waals surface area (Å²) in [7, 11) is 3.32. The second-order valence-electron chi connectivity index (χ2n) is 4.22. The van der Waals surface area contributed by atoms with Crippen LogP contribution in [0.25, 0.3) is 0 Å². The topological polar surface area (TPSA) is 44.5 Å². The van der Waals surface area contributed by atoms with E-state index in [9.17, 15) is 0 Å². The van der Waals surface area contributed by atoms with Crippen molar-refractivity contribution >= 4 is 0 Å². The Kier molecular flexibility index (Phi) is 4.77. The molecule has 0 saturated carbocycles. The minimum absolute atomic E-state index is 0.138. The van der Waals surface area contributed by atoms with Gasteiger partial charge in [0.2, 0.25) is 0 Å². The summed E-state index contributed by atoms with van der Waals surface area (Å²) in [6, 6.07) is 6.03. The number of ether oxygens (including phenoxy) is 2. The van der Waals surface area contributed by atoms with Crippen LogP contribution in [0.5, 0.6) is 5.75 Å². The summed E-state index contributed by atoms with van der Waals surface area (Å²) in [6.07, 6.45) is 0. The van der Waals surface area contributed by atoms with Crippen LogP contribution in [0.3, 0.4) is 0 Å². The van der Waals surface area contributed by atoms with E-state index in [0.717, 1.165) is 11.3 Å². The molecule has 0 bridgehead atoms. The summed E-state index contributed by atoms with van der Waals surface area (Å²) in [4.78, 5) is 0. The largest absolute Gasteiger partial charge is 0.496 e. The van der Waals surface area contributed by atoms with Crippen molar-refractivity contribution < 1.29 is 9.47 Å². The molecule has 0 amide bonds. The zero-order valence-electron chi connectivity index (χ0n) is 10.5. The van der Waals surface area contributed by atoms with Crippen molar-refractivity contribution in [3.8, 4) is 5.75 Å². The van der Waals surface area contributed by atoms with Gasteiger partial charge in [-0.3, -0.25) is 0 Å². The summed E-state index contributed by atoms with van der Waals surface area (Å²) in [5.41, 5.74) is 8.25. The molecule has 3 heteroatoms. The average Bonchev–Trinajstić information content (AvgIpc) is 2.28. The molecule has 0 heterocycles. The van der Waals surface area contributed by atoms with Crippen molar-refractivity contribution in [3.05, 3.63) is 29.3 Å². The number of hydrogen-bond acceptors (Lipinski definition) is 3. The SMILES string of the molecule is COCC(N)c1ccc(C(C)C)cc1OC. The number of rotatable bonds is 5. The van der Waals surface area contributed by atoms with Crippen molar-refractivity contribution in [1.82, 2.24) is 0 Å².